The Morgan fingerprint density at radius 2 is 0.847 bits per heavy atom. The predicted molar refractivity (Wildman–Crippen MR) is 356 cm³/mol. The van der Waals surface area contributed by atoms with E-state index in [1.807, 2.05) is 6.08 Å². The highest BCUT2D eigenvalue weighted by Gasteiger charge is 2.47. The molecule has 0 aromatic carbocycles. The number of esters is 1. The van der Waals surface area contributed by atoms with E-state index in [0.29, 0.717) is 12.8 Å². The number of carbonyl (C=O) groups excluding carboxylic acids is 2. The van der Waals surface area contributed by atoms with Gasteiger partial charge in [0.2, 0.25) is 5.91 Å². The van der Waals surface area contributed by atoms with Crippen LogP contribution in [0.2, 0.25) is 0 Å². The minimum atomic E-state index is -1.63. The fourth-order valence-electron chi connectivity index (χ4n) is 9.96. The number of aliphatic hydroxyl groups is 5. The number of ether oxygens (including phenoxy) is 3. The van der Waals surface area contributed by atoms with Crippen LogP contribution in [0.25, 0.3) is 0 Å². The summed E-state index contributed by atoms with van der Waals surface area (Å²) in [5.41, 5.74) is 0. The second-order valence-corrected chi connectivity index (χ2v) is 23.2. The van der Waals surface area contributed by atoms with E-state index in [0.717, 1.165) is 128 Å². The highest BCUT2D eigenvalue weighted by atomic mass is 16.7. The number of rotatable bonds is 57. The Labute approximate surface area is 519 Å². The van der Waals surface area contributed by atoms with E-state index >= 15 is 0 Å². The molecule has 0 spiro atoms. The van der Waals surface area contributed by atoms with Crippen molar-refractivity contribution in [1.82, 2.24) is 5.32 Å². The molecule has 8 unspecified atom stereocenters. The van der Waals surface area contributed by atoms with Crippen molar-refractivity contribution in [3.63, 3.8) is 0 Å². The van der Waals surface area contributed by atoms with E-state index in [-0.39, 0.29) is 19.4 Å². The minimum Gasteiger partial charge on any atom is -0.454 e. The molecule has 1 aliphatic heterocycles. The van der Waals surface area contributed by atoms with Crippen LogP contribution < -0.4 is 5.32 Å². The van der Waals surface area contributed by atoms with Gasteiger partial charge in [0.05, 0.1) is 25.4 Å². The summed E-state index contributed by atoms with van der Waals surface area (Å²) in [7, 11) is 0. The lowest BCUT2D eigenvalue weighted by Crippen LogP contribution is -2.61. The molecule has 6 N–H and O–H groups in total. The highest BCUT2D eigenvalue weighted by Crippen LogP contribution is 2.26. The number of aliphatic hydroxyl groups excluding tert-OH is 5. The van der Waals surface area contributed by atoms with Gasteiger partial charge in [-0.2, -0.15) is 0 Å². The molecule has 1 heterocycles. The molecule has 0 bridgehead atoms. The van der Waals surface area contributed by atoms with E-state index in [2.05, 4.69) is 135 Å². The van der Waals surface area contributed by atoms with Crippen LogP contribution in [0.4, 0.5) is 0 Å². The number of hydrogen-bond acceptors (Lipinski definition) is 10. The van der Waals surface area contributed by atoms with Gasteiger partial charge in [0.1, 0.15) is 24.4 Å². The molecule has 486 valence electrons. The van der Waals surface area contributed by atoms with E-state index < -0.39 is 67.4 Å². The summed E-state index contributed by atoms with van der Waals surface area (Å²) in [6, 6.07) is -1.04. The van der Waals surface area contributed by atoms with Gasteiger partial charge in [-0.1, -0.05) is 271 Å². The Morgan fingerprint density at radius 1 is 0.471 bits per heavy atom. The Morgan fingerprint density at radius 3 is 1.29 bits per heavy atom. The maximum Gasteiger partial charge on any atom is 0.306 e. The molecule has 0 aromatic rings. The van der Waals surface area contributed by atoms with Crippen molar-refractivity contribution in [3.8, 4) is 0 Å². The molecule has 0 saturated carbocycles. The monoisotopic (exact) mass is 1190 g/mol. The van der Waals surface area contributed by atoms with Gasteiger partial charge >= 0.3 is 5.97 Å². The van der Waals surface area contributed by atoms with E-state index in [1.54, 1.807) is 6.08 Å². The Hall–Kier alpha value is -3.94. The molecule has 1 amide bonds. The third kappa shape index (κ3) is 47.8. The van der Waals surface area contributed by atoms with Crippen LogP contribution >= 0.6 is 0 Å². The zero-order valence-electron chi connectivity index (χ0n) is 53.9. The molecule has 8 atom stereocenters. The topological polar surface area (TPSA) is 175 Å². The first kappa shape index (κ1) is 79.1. The molecular formula is C74H125NO10. The molecule has 1 saturated heterocycles. The maximum absolute atomic E-state index is 13.5. The fraction of sp³-hybridized carbons (Fsp3) is 0.703. The van der Waals surface area contributed by atoms with E-state index in [9.17, 15) is 35.1 Å². The summed E-state index contributed by atoms with van der Waals surface area (Å²) < 4.78 is 17.6. The lowest BCUT2D eigenvalue weighted by molar-refractivity contribution is -0.305. The first-order chi connectivity index (χ1) is 41.7. The van der Waals surface area contributed by atoms with Crippen LogP contribution in [0.1, 0.15) is 271 Å². The molecule has 1 fully saturated rings. The van der Waals surface area contributed by atoms with Crippen molar-refractivity contribution in [3.05, 3.63) is 122 Å². The SMILES string of the molecule is CC/C=C\C/C=C\C/C=C\C/C=C\C/C=C\C/C=C\CCCCCCC(=O)OC1C(OCC(NC(=O)C(O)CCCCCCCCCCC/C=C\C/C=C\C/C=C\CCCCC)C(O)/C=C/CCCCCCCCCCC)OC(CO)C(O)C1O. The summed E-state index contributed by atoms with van der Waals surface area (Å²) in [5, 5.41) is 57.1. The summed E-state index contributed by atoms with van der Waals surface area (Å²) in [6.45, 7) is 5.63. The number of nitrogens with one attached hydrogen (secondary N) is 1. The lowest BCUT2D eigenvalue weighted by atomic mass is 9.99. The highest BCUT2D eigenvalue weighted by molar-refractivity contribution is 5.80. The van der Waals surface area contributed by atoms with Crippen LogP contribution in [0.15, 0.2) is 122 Å². The number of allylic oxidation sites excluding steroid dienone is 19. The average Bonchev–Trinajstić information content (AvgIpc) is 2.90. The molecule has 0 aliphatic carbocycles. The Balaban J connectivity index is 2.62. The number of carbonyl (C=O) groups is 2. The maximum atomic E-state index is 13.5. The zero-order chi connectivity index (χ0) is 61.7. The van der Waals surface area contributed by atoms with Crippen molar-refractivity contribution >= 4 is 11.9 Å². The third-order valence-electron chi connectivity index (χ3n) is 15.3. The molecule has 11 heteroatoms. The predicted octanol–water partition coefficient (Wildman–Crippen LogP) is 17.4. The minimum absolute atomic E-state index is 0.0869. The average molecular weight is 1190 g/mol. The number of amides is 1. The van der Waals surface area contributed by atoms with Crippen LogP contribution in [0, 0.1) is 0 Å². The fourth-order valence-corrected chi connectivity index (χ4v) is 9.96. The van der Waals surface area contributed by atoms with Crippen LogP contribution in [-0.2, 0) is 23.8 Å². The van der Waals surface area contributed by atoms with Crippen LogP contribution in [0.5, 0.6) is 0 Å². The normalized spacial score (nSPS) is 19.2. The standard InChI is InChI=1S/C74H125NO10/c1-4-7-10-13-16-19-22-24-26-28-30-32-34-36-38-40-42-44-47-50-53-56-59-62-69(79)85-72-71(81)70(80)68(63-76)84-74(72)83-64-65(66(77)60-57-54-51-48-45-21-18-15-12-9-6-3)75-73(82)67(78)61-58-55-52-49-46-43-41-39-37-35-33-31-29-27-25-23-20-17-14-11-8-5-2/h7,10,16-17,19-20,24-27,30-33,36,38,42,44,57,60,65-68,70-72,74,76-78,80-81H,4-6,8-9,11-15,18,21-23,28-29,34-35,37,39-41,43,45-56,58-59,61-64H2,1-3H3,(H,75,82)/b10-7-,19-16-,20-17-,26-24-,27-25-,32-30-,33-31-,38-36-,44-42-,60-57+. The van der Waals surface area contributed by atoms with Crippen LogP contribution in [-0.4, -0.2) is 99.6 Å². The Bertz CT molecular complexity index is 1850. The second-order valence-electron chi connectivity index (χ2n) is 23.2. The quantitative estimate of drug-likeness (QED) is 0.0195. The van der Waals surface area contributed by atoms with Crippen molar-refractivity contribution in [2.24, 2.45) is 0 Å². The summed E-state index contributed by atoms with van der Waals surface area (Å²) >= 11 is 0. The zero-order valence-corrected chi connectivity index (χ0v) is 53.9. The van der Waals surface area contributed by atoms with Gasteiger partial charge in [-0.25, -0.2) is 0 Å². The van der Waals surface area contributed by atoms with Gasteiger partial charge in [-0.05, 0) is 116 Å². The number of hydrogen-bond donors (Lipinski definition) is 6. The molecule has 1 aliphatic rings. The molecular weight excluding hydrogens is 1060 g/mol. The van der Waals surface area contributed by atoms with E-state index in [1.165, 1.54) is 96.3 Å². The molecule has 0 aromatic heterocycles. The first-order valence-electron chi connectivity index (χ1n) is 34.3. The first-order valence-corrected chi connectivity index (χ1v) is 34.3. The van der Waals surface area contributed by atoms with Gasteiger partial charge in [0, 0.05) is 6.42 Å². The van der Waals surface area contributed by atoms with Crippen molar-refractivity contribution < 1.29 is 49.3 Å². The molecule has 1 rings (SSSR count). The molecule has 11 nitrogen and oxygen atoms in total. The second kappa shape index (κ2) is 60.3. The van der Waals surface area contributed by atoms with Crippen molar-refractivity contribution in [2.45, 2.75) is 320 Å². The molecule has 0 radical (unpaired) electrons. The number of unbranched alkanes of at least 4 members (excludes halogenated alkanes) is 25. The van der Waals surface area contributed by atoms with Gasteiger partial charge < -0.3 is 45.1 Å². The third-order valence-corrected chi connectivity index (χ3v) is 15.3. The van der Waals surface area contributed by atoms with E-state index in [4.69, 9.17) is 14.2 Å². The summed E-state index contributed by atoms with van der Waals surface area (Å²) in [6.07, 6.45) is 73.7. The van der Waals surface area contributed by atoms with Crippen molar-refractivity contribution in [1.29, 1.82) is 0 Å². The van der Waals surface area contributed by atoms with Gasteiger partial charge in [-0.15, -0.1) is 0 Å². The summed E-state index contributed by atoms with van der Waals surface area (Å²) in [4.78, 5) is 26.6. The lowest BCUT2D eigenvalue weighted by Gasteiger charge is -2.41. The van der Waals surface area contributed by atoms with Gasteiger partial charge in [0.15, 0.2) is 12.4 Å². The van der Waals surface area contributed by atoms with Crippen LogP contribution in [0.3, 0.4) is 0 Å². The Kier molecular flexibility index (Phi) is 56.1. The molecule has 85 heavy (non-hydrogen) atoms. The largest absolute Gasteiger partial charge is 0.454 e. The van der Waals surface area contributed by atoms with Gasteiger partial charge in [0.25, 0.3) is 0 Å². The smallest absolute Gasteiger partial charge is 0.306 e. The van der Waals surface area contributed by atoms with Gasteiger partial charge in [-0.3, -0.25) is 9.59 Å². The van der Waals surface area contributed by atoms with Crippen molar-refractivity contribution in [2.75, 3.05) is 13.2 Å². The summed E-state index contributed by atoms with van der Waals surface area (Å²) in [5.74, 6) is -1.23.